The topological polar surface area (TPSA) is 65.5 Å². The SMILES string of the molecule is CC(C)c1ccc(NC(=O)c2ccc(N3CCN(C=O)CC3)cn2)cc1. The number of hydrogen-bond donors (Lipinski definition) is 1. The summed E-state index contributed by atoms with van der Waals surface area (Å²) < 4.78 is 0. The average molecular weight is 352 g/mol. The van der Waals surface area contributed by atoms with Gasteiger partial charge in [-0.25, -0.2) is 4.98 Å². The summed E-state index contributed by atoms with van der Waals surface area (Å²) in [5, 5.41) is 2.88. The number of anilines is 2. The fourth-order valence-corrected chi connectivity index (χ4v) is 2.94. The molecular formula is C20H24N4O2. The largest absolute Gasteiger partial charge is 0.367 e. The fraction of sp³-hybridized carbons (Fsp3) is 0.350. The van der Waals surface area contributed by atoms with Crippen LogP contribution in [0.3, 0.4) is 0 Å². The molecule has 6 nitrogen and oxygen atoms in total. The van der Waals surface area contributed by atoms with Crippen LogP contribution in [-0.4, -0.2) is 48.4 Å². The fourth-order valence-electron chi connectivity index (χ4n) is 2.94. The van der Waals surface area contributed by atoms with Gasteiger partial charge in [0.25, 0.3) is 5.91 Å². The van der Waals surface area contributed by atoms with Crippen molar-refractivity contribution in [2.45, 2.75) is 19.8 Å². The molecule has 1 aromatic heterocycles. The Morgan fingerprint density at radius 3 is 2.31 bits per heavy atom. The van der Waals surface area contributed by atoms with Crippen LogP contribution in [0.25, 0.3) is 0 Å². The molecule has 1 N–H and O–H groups in total. The number of benzene rings is 1. The van der Waals surface area contributed by atoms with E-state index in [1.165, 1.54) is 5.56 Å². The summed E-state index contributed by atoms with van der Waals surface area (Å²) in [4.78, 5) is 31.4. The second-order valence-electron chi connectivity index (χ2n) is 6.76. The number of rotatable bonds is 5. The molecule has 1 aliphatic rings. The lowest BCUT2D eigenvalue weighted by molar-refractivity contribution is -0.118. The van der Waals surface area contributed by atoms with Crippen molar-refractivity contribution in [2.24, 2.45) is 0 Å². The number of amides is 2. The number of carbonyl (C=O) groups excluding carboxylic acids is 2. The van der Waals surface area contributed by atoms with E-state index in [1.54, 1.807) is 17.2 Å². The van der Waals surface area contributed by atoms with Crippen LogP contribution in [0.5, 0.6) is 0 Å². The molecule has 3 rings (SSSR count). The maximum absolute atomic E-state index is 12.4. The molecule has 0 saturated carbocycles. The minimum Gasteiger partial charge on any atom is -0.367 e. The molecule has 2 aromatic rings. The Hall–Kier alpha value is -2.89. The van der Waals surface area contributed by atoms with Gasteiger partial charge in [0.05, 0.1) is 11.9 Å². The van der Waals surface area contributed by atoms with Gasteiger partial charge in [0, 0.05) is 31.9 Å². The van der Waals surface area contributed by atoms with E-state index in [0.29, 0.717) is 24.7 Å². The van der Waals surface area contributed by atoms with Crippen molar-refractivity contribution in [3.63, 3.8) is 0 Å². The highest BCUT2D eigenvalue weighted by Crippen LogP contribution is 2.18. The molecule has 1 aromatic carbocycles. The smallest absolute Gasteiger partial charge is 0.274 e. The van der Waals surface area contributed by atoms with Crippen LogP contribution in [0, 0.1) is 0 Å². The van der Waals surface area contributed by atoms with E-state index in [1.807, 2.05) is 30.3 Å². The van der Waals surface area contributed by atoms with Crippen LogP contribution in [0.1, 0.15) is 35.8 Å². The summed E-state index contributed by atoms with van der Waals surface area (Å²) >= 11 is 0. The number of piperazine rings is 1. The van der Waals surface area contributed by atoms with Gasteiger partial charge in [0.2, 0.25) is 6.41 Å². The maximum Gasteiger partial charge on any atom is 0.274 e. The summed E-state index contributed by atoms with van der Waals surface area (Å²) in [6.07, 6.45) is 2.60. The first-order chi connectivity index (χ1) is 12.6. The predicted molar refractivity (Wildman–Crippen MR) is 103 cm³/mol. The average Bonchev–Trinajstić information content (AvgIpc) is 2.68. The summed E-state index contributed by atoms with van der Waals surface area (Å²) in [6.45, 7) is 7.23. The molecule has 1 fully saturated rings. The molecule has 1 saturated heterocycles. The number of hydrogen-bond acceptors (Lipinski definition) is 4. The summed E-state index contributed by atoms with van der Waals surface area (Å²) in [5.74, 6) is 0.238. The van der Waals surface area contributed by atoms with Gasteiger partial charge in [0.15, 0.2) is 0 Å². The zero-order valence-corrected chi connectivity index (χ0v) is 15.2. The van der Waals surface area contributed by atoms with Gasteiger partial charge in [-0.05, 0) is 35.7 Å². The third kappa shape index (κ3) is 4.20. The van der Waals surface area contributed by atoms with Crippen LogP contribution in [0.4, 0.5) is 11.4 Å². The van der Waals surface area contributed by atoms with Crippen LogP contribution in [-0.2, 0) is 4.79 Å². The van der Waals surface area contributed by atoms with Gasteiger partial charge in [-0.15, -0.1) is 0 Å². The number of aromatic nitrogens is 1. The minimum atomic E-state index is -0.223. The molecule has 0 bridgehead atoms. The molecule has 2 amide bonds. The monoisotopic (exact) mass is 352 g/mol. The van der Waals surface area contributed by atoms with E-state index >= 15 is 0 Å². The molecule has 0 spiro atoms. The molecule has 136 valence electrons. The van der Waals surface area contributed by atoms with E-state index in [4.69, 9.17) is 0 Å². The number of carbonyl (C=O) groups is 2. The van der Waals surface area contributed by atoms with Crippen molar-refractivity contribution in [3.8, 4) is 0 Å². The van der Waals surface area contributed by atoms with Crippen molar-refractivity contribution in [2.75, 3.05) is 36.4 Å². The third-order valence-corrected chi connectivity index (χ3v) is 4.64. The Kier molecular flexibility index (Phi) is 5.51. The van der Waals surface area contributed by atoms with Crippen molar-refractivity contribution in [3.05, 3.63) is 53.9 Å². The van der Waals surface area contributed by atoms with E-state index in [0.717, 1.165) is 30.9 Å². The second-order valence-corrected chi connectivity index (χ2v) is 6.76. The Bertz CT molecular complexity index is 748. The Labute approximate surface area is 153 Å². The van der Waals surface area contributed by atoms with Gasteiger partial charge in [-0.3, -0.25) is 9.59 Å². The lowest BCUT2D eigenvalue weighted by Gasteiger charge is -2.33. The Morgan fingerprint density at radius 1 is 1.08 bits per heavy atom. The zero-order valence-electron chi connectivity index (χ0n) is 15.2. The van der Waals surface area contributed by atoms with Gasteiger partial charge < -0.3 is 15.1 Å². The van der Waals surface area contributed by atoms with Crippen molar-refractivity contribution < 1.29 is 9.59 Å². The van der Waals surface area contributed by atoms with Crippen LogP contribution in [0.15, 0.2) is 42.6 Å². The maximum atomic E-state index is 12.4. The number of nitrogens with zero attached hydrogens (tertiary/aromatic N) is 3. The van der Waals surface area contributed by atoms with E-state index < -0.39 is 0 Å². The van der Waals surface area contributed by atoms with E-state index in [2.05, 4.69) is 29.0 Å². The normalized spacial score (nSPS) is 14.4. The van der Waals surface area contributed by atoms with Gasteiger partial charge in [-0.2, -0.15) is 0 Å². The Balaban J connectivity index is 1.61. The second kappa shape index (κ2) is 7.99. The van der Waals surface area contributed by atoms with Crippen molar-refractivity contribution in [1.82, 2.24) is 9.88 Å². The first kappa shape index (κ1) is 17.9. The number of nitrogens with one attached hydrogen (secondary N) is 1. The predicted octanol–water partition coefficient (Wildman–Crippen LogP) is 2.74. The molecule has 26 heavy (non-hydrogen) atoms. The lowest BCUT2D eigenvalue weighted by atomic mass is 10.0. The van der Waals surface area contributed by atoms with Gasteiger partial charge >= 0.3 is 0 Å². The lowest BCUT2D eigenvalue weighted by Crippen LogP contribution is -2.45. The Morgan fingerprint density at radius 2 is 1.77 bits per heavy atom. The molecule has 0 radical (unpaired) electrons. The highest BCUT2D eigenvalue weighted by atomic mass is 16.2. The molecule has 0 unspecified atom stereocenters. The molecule has 0 aliphatic carbocycles. The van der Waals surface area contributed by atoms with E-state index in [-0.39, 0.29) is 5.91 Å². The van der Waals surface area contributed by atoms with E-state index in [9.17, 15) is 9.59 Å². The highest BCUT2D eigenvalue weighted by Gasteiger charge is 2.16. The first-order valence-corrected chi connectivity index (χ1v) is 8.88. The quantitative estimate of drug-likeness (QED) is 0.841. The molecule has 2 heterocycles. The summed E-state index contributed by atoms with van der Waals surface area (Å²) in [5.41, 5.74) is 3.34. The van der Waals surface area contributed by atoms with Crippen LogP contribution < -0.4 is 10.2 Å². The zero-order chi connectivity index (χ0) is 18.5. The minimum absolute atomic E-state index is 0.223. The first-order valence-electron chi connectivity index (χ1n) is 8.88. The number of pyridine rings is 1. The van der Waals surface area contributed by atoms with Gasteiger partial charge in [0.1, 0.15) is 5.69 Å². The molecular weight excluding hydrogens is 328 g/mol. The van der Waals surface area contributed by atoms with Crippen molar-refractivity contribution in [1.29, 1.82) is 0 Å². The van der Waals surface area contributed by atoms with Crippen molar-refractivity contribution >= 4 is 23.7 Å². The third-order valence-electron chi connectivity index (χ3n) is 4.64. The molecule has 0 atom stereocenters. The van der Waals surface area contributed by atoms with Crippen LogP contribution in [0.2, 0.25) is 0 Å². The van der Waals surface area contributed by atoms with Gasteiger partial charge in [-0.1, -0.05) is 26.0 Å². The summed E-state index contributed by atoms with van der Waals surface area (Å²) in [6, 6.07) is 11.5. The highest BCUT2D eigenvalue weighted by molar-refractivity contribution is 6.02. The van der Waals surface area contributed by atoms with Crippen LogP contribution >= 0.6 is 0 Å². The molecule has 6 heteroatoms. The summed E-state index contributed by atoms with van der Waals surface area (Å²) in [7, 11) is 0. The standard InChI is InChI=1S/C20H24N4O2/c1-15(2)16-3-5-17(6-4-16)22-20(26)19-8-7-18(13-21-19)24-11-9-23(14-25)10-12-24/h3-8,13-15H,9-12H2,1-2H3,(H,22,26). The molecule has 1 aliphatic heterocycles.